The van der Waals surface area contributed by atoms with E-state index in [1.165, 1.54) is 5.56 Å². The fourth-order valence-corrected chi connectivity index (χ4v) is 3.91. The zero-order chi connectivity index (χ0) is 19.6. The van der Waals surface area contributed by atoms with E-state index in [-0.39, 0.29) is 6.04 Å². The number of rotatable bonds is 5. The van der Waals surface area contributed by atoms with Crippen LogP contribution in [-0.4, -0.2) is 45.6 Å². The Morgan fingerprint density at radius 1 is 1.10 bits per heavy atom. The maximum absolute atomic E-state index is 5.28. The average molecular weight is 386 g/mol. The molecule has 1 aliphatic rings. The second kappa shape index (κ2) is 7.52. The number of hydrogen-bond acceptors (Lipinski definition) is 6. The SMILES string of the molecule is COc1ccn2c(-c3cncc(NC4CNCC4c4ccccc4)n3)cnc2c1. The summed E-state index contributed by atoms with van der Waals surface area (Å²) in [5, 5.41) is 7.05. The van der Waals surface area contributed by atoms with E-state index in [2.05, 4.69) is 50.9 Å². The van der Waals surface area contributed by atoms with E-state index in [1.807, 2.05) is 28.9 Å². The highest BCUT2D eigenvalue weighted by Crippen LogP contribution is 2.26. The van der Waals surface area contributed by atoms with Gasteiger partial charge in [-0.25, -0.2) is 9.97 Å². The fourth-order valence-electron chi connectivity index (χ4n) is 3.91. The third-order valence-electron chi connectivity index (χ3n) is 5.39. The quantitative estimate of drug-likeness (QED) is 0.549. The van der Waals surface area contributed by atoms with Crippen molar-refractivity contribution in [3.8, 4) is 17.1 Å². The summed E-state index contributed by atoms with van der Waals surface area (Å²) in [6.07, 6.45) is 7.29. The molecule has 0 aliphatic carbocycles. The van der Waals surface area contributed by atoms with Crippen LogP contribution in [0.1, 0.15) is 11.5 Å². The van der Waals surface area contributed by atoms with Crippen molar-refractivity contribution in [2.75, 3.05) is 25.5 Å². The first-order valence-electron chi connectivity index (χ1n) is 9.67. The number of nitrogens with zero attached hydrogens (tertiary/aromatic N) is 4. The van der Waals surface area contributed by atoms with Crippen LogP contribution in [0.25, 0.3) is 17.0 Å². The molecular formula is C22H22N6O. The molecule has 29 heavy (non-hydrogen) atoms. The van der Waals surface area contributed by atoms with Crippen molar-refractivity contribution >= 4 is 11.5 Å². The second-order valence-electron chi connectivity index (χ2n) is 7.15. The minimum absolute atomic E-state index is 0.258. The Labute approximate surface area is 168 Å². The van der Waals surface area contributed by atoms with Crippen LogP contribution >= 0.6 is 0 Å². The lowest BCUT2D eigenvalue weighted by Gasteiger charge is -2.21. The van der Waals surface area contributed by atoms with Crippen LogP contribution < -0.4 is 15.4 Å². The van der Waals surface area contributed by atoms with Gasteiger partial charge >= 0.3 is 0 Å². The van der Waals surface area contributed by atoms with Crippen LogP contribution in [0.3, 0.4) is 0 Å². The van der Waals surface area contributed by atoms with E-state index in [0.29, 0.717) is 5.92 Å². The number of fused-ring (bicyclic) bond motifs is 1. The molecule has 0 spiro atoms. The number of benzene rings is 1. The molecule has 3 aromatic heterocycles. The zero-order valence-corrected chi connectivity index (χ0v) is 16.1. The molecule has 7 nitrogen and oxygen atoms in total. The number of ether oxygens (including phenoxy) is 1. The molecule has 0 saturated carbocycles. The van der Waals surface area contributed by atoms with Crippen molar-refractivity contribution in [3.05, 3.63) is 72.8 Å². The molecule has 4 aromatic rings. The lowest BCUT2D eigenvalue weighted by Crippen LogP contribution is -2.27. The molecule has 1 saturated heterocycles. The summed E-state index contributed by atoms with van der Waals surface area (Å²) in [6, 6.07) is 14.6. The molecule has 146 valence electrons. The first-order valence-corrected chi connectivity index (χ1v) is 9.67. The summed E-state index contributed by atoms with van der Waals surface area (Å²) in [5.41, 5.74) is 3.80. The van der Waals surface area contributed by atoms with Crippen molar-refractivity contribution in [2.45, 2.75) is 12.0 Å². The Hall–Kier alpha value is -3.45. The van der Waals surface area contributed by atoms with Gasteiger partial charge in [-0.1, -0.05) is 30.3 Å². The maximum atomic E-state index is 5.28. The summed E-state index contributed by atoms with van der Waals surface area (Å²) in [4.78, 5) is 13.7. The molecular weight excluding hydrogens is 364 g/mol. The van der Waals surface area contributed by atoms with Crippen LogP contribution in [0.5, 0.6) is 5.75 Å². The standard InChI is InChI=1S/C22H22N6O/c1-29-16-7-8-28-20(13-25-22(28)9-16)19-12-24-14-21(27-19)26-18-11-23-10-17(18)15-5-3-2-4-6-15/h2-9,12-14,17-18,23H,10-11H2,1H3,(H,26,27). The van der Waals surface area contributed by atoms with Crippen molar-refractivity contribution in [1.29, 1.82) is 0 Å². The molecule has 1 aromatic carbocycles. The highest BCUT2D eigenvalue weighted by atomic mass is 16.5. The Bertz CT molecular complexity index is 1130. The fraction of sp³-hybridized carbons (Fsp3) is 0.227. The molecule has 0 bridgehead atoms. The lowest BCUT2D eigenvalue weighted by molar-refractivity contribution is 0.414. The normalized spacial score (nSPS) is 18.8. The topological polar surface area (TPSA) is 76.4 Å². The van der Waals surface area contributed by atoms with Gasteiger partial charge in [0, 0.05) is 37.3 Å². The van der Waals surface area contributed by atoms with Crippen LogP contribution in [0.4, 0.5) is 5.82 Å². The smallest absolute Gasteiger partial charge is 0.145 e. The molecule has 0 radical (unpaired) electrons. The molecule has 2 atom stereocenters. The van der Waals surface area contributed by atoms with E-state index < -0.39 is 0 Å². The van der Waals surface area contributed by atoms with Crippen LogP contribution in [-0.2, 0) is 0 Å². The third kappa shape index (κ3) is 3.40. The number of methoxy groups -OCH3 is 1. The van der Waals surface area contributed by atoms with E-state index in [0.717, 1.165) is 41.7 Å². The van der Waals surface area contributed by atoms with Gasteiger partial charge in [0.1, 0.15) is 22.9 Å². The minimum Gasteiger partial charge on any atom is -0.497 e. The van der Waals surface area contributed by atoms with Crippen molar-refractivity contribution < 1.29 is 4.74 Å². The molecule has 2 unspecified atom stereocenters. The lowest BCUT2D eigenvalue weighted by atomic mass is 9.94. The number of pyridine rings is 1. The first kappa shape index (κ1) is 17.6. The van der Waals surface area contributed by atoms with Crippen LogP contribution in [0.15, 0.2) is 67.3 Å². The molecule has 7 heteroatoms. The predicted molar refractivity (Wildman–Crippen MR) is 112 cm³/mol. The van der Waals surface area contributed by atoms with E-state index >= 15 is 0 Å². The maximum Gasteiger partial charge on any atom is 0.145 e. The third-order valence-corrected chi connectivity index (χ3v) is 5.39. The number of hydrogen-bond donors (Lipinski definition) is 2. The monoisotopic (exact) mass is 386 g/mol. The molecule has 4 heterocycles. The van der Waals surface area contributed by atoms with Crippen molar-refractivity contribution in [1.82, 2.24) is 24.7 Å². The molecule has 5 rings (SSSR count). The van der Waals surface area contributed by atoms with Gasteiger partial charge in [-0.3, -0.25) is 9.38 Å². The van der Waals surface area contributed by atoms with Gasteiger partial charge < -0.3 is 15.4 Å². The van der Waals surface area contributed by atoms with Crippen molar-refractivity contribution in [2.24, 2.45) is 0 Å². The minimum atomic E-state index is 0.258. The summed E-state index contributed by atoms with van der Waals surface area (Å²) in [5.74, 6) is 1.93. The Balaban J connectivity index is 1.42. The van der Waals surface area contributed by atoms with E-state index in [1.54, 1.807) is 19.5 Å². The summed E-state index contributed by atoms with van der Waals surface area (Å²) in [7, 11) is 1.65. The van der Waals surface area contributed by atoms with Crippen LogP contribution in [0.2, 0.25) is 0 Å². The van der Waals surface area contributed by atoms with Gasteiger partial charge in [-0.05, 0) is 11.6 Å². The van der Waals surface area contributed by atoms with Crippen molar-refractivity contribution in [3.63, 3.8) is 0 Å². The van der Waals surface area contributed by atoms with Gasteiger partial charge in [0.05, 0.1) is 31.4 Å². The average Bonchev–Trinajstić information content (AvgIpc) is 3.41. The largest absolute Gasteiger partial charge is 0.497 e. The van der Waals surface area contributed by atoms with Gasteiger partial charge in [0.15, 0.2) is 0 Å². The summed E-state index contributed by atoms with van der Waals surface area (Å²) < 4.78 is 7.27. The Morgan fingerprint density at radius 2 is 2.00 bits per heavy atom. The van der Waals surface area contributed by atoms with E-state index in [4.69, 9.17) is 9.72 Å². The molecule has 2 N–H and O–H groups in total. The summed E-state index contributed by atoms with van der Waals surface area (Å²) in [6.45, 7) is 1.84. The molecule has 0 amide bonds. The number of nitrogens with one attached hydrogen (secondary N) is 2. The van der Waals surface area contributed by atoms with Gasteiger partial charge in [0.25, 0.3) is 0 Å². The van der Waals surface area contributed by atoms with Crippen LogP contribution in [0, 0.1) is 0 Å². The van der Waals surface area contributed by atoms with E-state index in [9.17, 15) is 0 Å². The number of imidazole rings is 1. The second-order valence-corrected chi connectivity index (χ2v) is 7.15. The Kier molecular flexibility index (Phi) is 4.57. The van der Waals surface area contributed by atoms with Gasteiger partial charge in [-0.2, -0.15) is 0 Å². The molecule has 1 aliphatic heterocycles. The predicted octanol–water partition coefficient (Wildman–Crippen LogP) is 2.97. The number of aromatic nitrogens is 4. The first-order chi connectivity index (χ1) is 14.3. The van der Waals surface area contributed by atoms with Gasteiger partial charge in [-0.15, -0.1) is 0 Å². The zero-order valence-electron chi connectivity index (χ0n) is 16.1. The molecule has 1 fully saturated rings. The highest BCUT2D eigenvalue weighted by molar-refractivity contribution is 5.62. The van der Waals surface area contributed by atoms with Gasteiger partial charge in [0.2, 0.25) is 0 Å². The highest BCUT2D eigenvalue weighted by Gasteiger charge is 2.28. The Morgan fingerprint density at radius 3 is 2.86 bits per heavy atom. The number of anilines is 1. The summed E-state index contributed by atoms with van der Waals surface area (Å²) >= 11 is 0.